The van der Waals surface area contributed by atoms with Crippen molar-refractivity contribution in [2.24, 2.45) is 0 Å². The van der Waals surface area contributed by atoms with Crippen LogP contribution in [0.1, 0.15) is 5.56 Å². The number of ether oxygens (including phenoxy) is 1. The maximum Gasteiger partial charge on any atom is 0.428 e. The summed E-state index contributed by atoms with van der Waals surface area (Å²) in [6.07, 6.45) is 1.01. The molecule has 0 saturated heterocycles. The first kappa shape index (κ1) is 11.6. The van der Waals surface area contributed by atoms with Crippen LogP contribution in [0.5, 0.6) is 0 Å². The number of para-hydroxylation sites is 1. The first-order chi connectivity index (χ1) is 7.56. The van der Waals surface area contributed by atoms with Crippen molar-refractivity contribution in [3.8, 4) is 0 Å². The molecule has 0 unspecified atom stereocenters. The second-order valence-electron chi connectivity index (χ2n) is 2.76. The van der Waals surface area contributed by atoms with Gasteiger partial charge in [0.1, 0.15) is 4.92 Å². The molecule has 7 nitrogen and oxygen atoms in total. The van der Waals surface area contributed by atoms with Crippen molar-refractivity contribution < 1.29 is 14.6 Å². The molecule has 0 heterocycles. The normalized spacial score (nSPS) is 10.9. The van der Waals surface area contributed by atoms with E-state index in [1.165, 1.54) is 18.2 Å². The van der Waals surface area contributed by atoms with E-state index in [9.17, 15) is 20.2 Å². The number of hydrogen-bond donors (Lipinski definition) is 0. The Morgan fingerprint density at radius 3 is 2.44 bits per heavy atom. The first-order valence-electron chi connectivity index (χ1n) is 4.19. The molecule has 0 aliphatic rings. The summed E-state index contributed by atoms with van der Waals surface area (Å²) < 4.78 is 4.49. The molecule has 0 N–H and O–H groups in total. The Balaban J connectivity index is 3.23. The highest BCUT2D eigenvalue weighted by Gasteiger charge is 2.16. The SMILES string of the molecule is COC(=Cc1ccccc1[N+](=O)[O-])[N+](=O)[O-]. The van der Waals surface area contributed by atoms with Crippen molar-refractivity contribution in [3.63, 3.8) is 0 Å². The average molecular weight is 224 g/mol. The minimum absolute atomic E-state index is 0.126. The molecule has 84 valence electrons. The van der Waals surface area contributed by atoms with Crippen molar-refractivity contribution in [3.05, 3.63) is 55.9 Å². The molecule has 0 spiro atoms. The monoisotopic (exact) mass is 224 g/mol. The highest BCUT2D eigenvalue weighted by Crippen LogP contribution is 2.20. The molecule has 0 saturated carbocycles. The van der Waals surface area contributed by atoms with Crippen LogP contribution in [0.25, 0.3) is 6.08 Å². The van der Waals surface area contributed by atoms with Crippen molar-refractivity contribution in [1.29, 1.82) is 0 Å². The van der Waals surface area contributed by atoms with Crippen molar-refractivity contribution >= 4 is 11.8 Å². The van der Waals surface area contributed by atoms with Gasteiger partial charge in [-0.2, -0.15) is 0 Å². The smallest absolute Gasteiger partial charge is 0.428 e. The zero-order valence-electron chi connectivity index (χ0n) is 8.32. The number of rotatable bonds is 4. The molecule has 1 aromatic carbocycles. The molecule has 16 heavy (non-hydrogen) atoms. The van der Waals surface area contributed by atoms with Gasteiger partial charge in [-0.15, -0.1) is 0 Å². The van der Waals surface area contributed by atoms with Gasteiger partial charge in [-0.1, -0.05) is 12.1 Å². The molecule has 0 aliphatic heterocycles. The summed E-state index contributed by atoms with van der Waals surface area (Å²) >= 11 is 0. The molecule has 0 atom stereocenters. The third-order valence-corrected chi connectivity index (χ3v) is 1.80. The van der Waals surface area contributed by atoms with E-state index < -0.39 is 15.7 Å². The van der Waals surface area contributed by atoms with Gasteiger partial charge in [0, 0.05) is 6.07 Å². The van der Waals surface area contributed by atoms with E-state index in [1.54, 1.807) is 6.07 Å². The third kappa shape index (κ3) is 2.53. The third-order valence-electron chi connectivity index (χ3n) is 1.80. The number of nitrogens with zero attached hydrogens (tertiary/aromatic N) is 2. The highest BCUT2D eigenvalue weighted by molar-refractivity contribution is 5.60. The van der Waals surface area contributed by atoms with Gasteiger partial charge in [0.15, 0.2) is 0 Å². The largest absolute Gasteiger partial charge is 0.444 e. The summed E-state index contributed by atoms with van der Waals surface area (Å²) in [5.74, 6) is -0.547. The fourth-order valence-electron chi connectivity index (χ4n) is 1.10. The Hall–Kier alpha value is -2.44. The lowest BCUT2D eigenvalue weighted by molar-refractivity contribution is -0.459. The minimum atomic E-state index is -0.753. The summed E-state index contributed by atoms with van der Waals surface area (Å²) in [6.45, 7) is 0. The van der Waals surface area contributed by atoms with E-state index in [0.29, 0.717) is 0 Å². The Morgan fingerprint density at radius 1 is 1.31 bits per heavy atom. The van der Waals surface area contributed by atoms with Crippen LogP contribution in [-0.4, -0.2) is 17.0 Å². The van der Waals surface area contributed by atoms with Crippen LogP contribution < -0.4 is 0 Å². The topological polar surface area (TPSA) is 95.5 Å². The molecular weight excluding hydrogens is 216 g/mol. The van der Waals surface area contributed by atoms with Crippen LogP contribution in [0.4, 0.5) is 5.69 Å². The minimum Gasteiger partial charge on any atom is -0.444 e. The summed E-state index contributed by atoms with van der Waals surface area (Å²) in [5, 5.41) is 21.1. The number of benzene rings is 1. The summed E-state index contributed by atoms with van der Waals surface area (Å²) in [7, 11) is 1.13. The second kappa shape index (κ2) is 4.87. The lowest BCUT2D eigenvalue weighted by Gasteiger charge is -1.97. The number of nitro groups is 2. The molecule has 0 fully saturated rings. The first-order valence-corrected chi connectivity index (χ1v) is 4.19. The van der Waals surface area contributed by atoms with Crippen LogP contribution in [0.15, 0.2) is 30.1 Å². The van der Waals surface area contributed by atoms with Gasteiger partial charge in [-0.25, -0.2) is 0 Å². The zero-order chi connectivity index (χ0) is 12.1. The molecular formula is C9H8N2O5. The highest BCUT2D eigenvalue weighted by atomic mass is 16.7. The lowest BCUT2D eigenvalue weighted by atomic mass is 10.2. The van der Waals surface area contributed by atoms with E-state index in [0.717, 1.165) is 13.2 Å². The van der Waals surface area contributed by atoms with Crippen molar-refractivity contribution in [1.82, 2.24) is 0 Å². The van der Waals surface area contributed by atoms with Crippen LogP contribution in [0.3, 0.4) is 0 Å². The molecule has 1 rings (SSSR count). The van der Waals surface area contributed by atoms with Gasteiger partial charge in [-0.3, -0.25) is 20.2 Å². The van der Waals surface area contributed by atoms with Gasteiger partial charge in [0.05, 0.1) is 23.7 Å². The maximum absolute atomic E-state index is 10.6. The van der Waals surface area contributed by atoms with Gasteiger partial charge in [-0.05, 0) is 6.07 Å². The fourth-order valence-corrected chi connectivity index (χ4v) is 1.10. The molecule has 1 aromatic rings. The quantitative estimate of drug-likeness (QED) is 0.441. The molecule has 0 radical (unpaired) electrons. The zero-order valence-corrected chi connectivity index (χ0v) is 8.32. The molecule has 7 heteroatoms. The Morgan fingerprint density at radius 2 is 1.94 bits per heavy atom. The molecule has 0 aliphatic carbocycles. The lowest BCUT2D eigenvalue weighted by Crippen LogP contribution is -2.01. The van der Waals surface area contributed by atoms with Crippen LogP contribution in [0, 0.1) is 20.2 Å². The van der Waals surface area contributed by atoms with E-state index in [2.05, 4.69) is 4.74 Å². The van der Waals surface area contributed by atoms with Crippen LogP contribution >= 0.6 is 0 Å². The Labute approximate surface area is 90.3 Å². The fraction of sp³-hybridized carbons (Fsp3) is 0.111. The Kier molecular flexibility index (Phi) is 3.54. The van der Waals surface area contributed by atoms with Crippen molar-refractivity contribution in [2.45, 2.75) is 0 Å². The average Bonchev–Trinajstić information content (AvgIpc) is 2.25. The van der Waals surface area contributed by atoms with Crippen LogP contribution in [-0.2, 0) is 4.74 Å². The van der Waals surface area contributed by atoms with Crippen molar-refractivity contribution in [2.75, 3.05) is 7.11 Å². The summed E-state index contributed by atoms with van der Waals surface area (Å²) in [4.78, 5) is 19.7. The van der Waals surface area contributed by atoms with E-state index >= 15 is 0 Å². The molecule has 0 amide bonds. The number of methoxy groups -OCH3 is 1. The number of nitro benzene ring substituents is 1. The molecule has 0 bridgehead atoms. The summed E-state index contributed by atoms with van der Waals surface area (Å²) in [6, 6.07) is 5.69. The molecule has 0 aromatic heterocycles. The van der Waals surface area contributed by atoms with E-state index in [1.807, 2.05) is 0 Å². The van der Waals surface area contributed by atoms with Gasteiger partial charge < -0.3 is 4.74 Å². The maximum atomic E-state index is 10.6. The van der Waals surface area contributed by atoms with E-state index in [4.69, 9.17) is 0 Å². The van der Waals surface area contributed by atoms with E-state index in [-0.39, 0.29) is 11.3 Å². The predicted molar refractivity (Wildman–Crippen MR) is 55.1 cm³/mol. The number of hydrogen-bond acceptors (Lipinski definition) is 5. The van der Waals surface area contributed by atoms with Gasteiger partial charge >= 0.3 is 5.88 Å². The summed E-state index contributed by atoms with van der Waals surface area (Å²) in [5.41, 5.74) is -0.0834. The van der Waals surface area contributed by atoms with Gasteiger partial charge in [0.2, 0.25) is 0 Å². The Bertz CT molecular complexity index is 455. The predicted octanol–water partition coefficient (Wildman–Crippen LogP) is 1.82. The standard InChI is InChI=1S/C9H8N2O5/c1-16-9(11(14)15)6-7-4-2-3-5-8(7)10(12)13/h2-6H,1H3. The van der Waals surface area contributed by atoms with Crippen LogP contribution in [0.2, 0.25) is 0 Å². The second-order valence-corrected chi connectivity index (χ2v) is 2.76. The van der Waals surface area contributed by atoms with Gasteiger partial charge in [0.25, 0.3) is 5.69 Å².